The number of carbonyl (C=O) groups excluding carboxylic acids is 1. The molecule has 24 heavy (non-hydrogen) atoms. The van der Waals surface area contributed by atoms with E-state index < -0.39 is 15.8 Å². The lowest BCUT2D eigenvalue weighted by atomic mass is 10.2. The Morgan fingerprint density at radius 2 is 1.96 bits per heavy atom. The van der Waals surface area contributed by atoms with Crippen molar-refractivity contribution in [2.45, 2.75) is 24.7 Å². The molecule has 5 nitrogen and oxygen atoms in total. The van der Waals surface area contributed by atoms with Crippen LogP contribution in [0, 0.1) is 12.7 Å². The van der Waals surface area contributed by atoms with E-state index in [0.29, 0.717) is 29.9 Å². The topological polar surface area (TPSA) is 66.5 Å². The molecule has 1 fully saturated rings. The molecule has 0 atom stereocenters. The fourth-order valence-corrected chi connectivity index (χ4v) is 4.06. The number of halogens is 1. The van der Waals surface area contributed by atoms with E-state index in [9.17, 15) is 17.6 Å². The Hall–Kier alpha value is -2.41. The number of sulfonamides is 1. The van der Waals surface area contributed by atoms with Crippen LogP contribution in [0.5, 0.6) is 0 Å². The van der Waals surface area contributed by atoms with Crippen molar-refractivity contribution in [2.24, 2.45) is 0 Å². The van der Waals surface area contributed by atoms with E-state index in [4.69, 9.17) is 0 Å². The van der Waals surface area contributed by atoms with Crippen LogP contribution < -0.4 is 9.62 Å². The SMILES string of the molecule is Cc1cc(F)ccc1S(=O)(=O)Nc1cccc(N2CCCC2=O)c1. The largest absolute Gasteiger partial charge is 0.312 e. The maximum Gasteiger partial charge on any atom is 0.262 e. The van der Waals surface area contributed by atoms with Gasteiger partial charge in [-0.3, -0.25) is 9.52 Å². The first-order valence-electron chi connectivity index (χ1n) is 7.56. The van der Waals surface area contributed by atoms with Gasteiger partial charge >= 0.3 is 0 Å². The second kappa shape index (κ2) is 6.24. The molecule has 2 aromatic rings. The Morgan fingerprint density at radius 1 is 1.17 bits per heavy atom. The highest BCUT2D eigenvalue weighted by Gasteiger charge is 2.22. The molecule has 1 aliphatic heterocycles. The number of rotatable bonds is 4. The molecule has 1 aliphatic rings. The molecule has 126 valence electrons. The number of anilines is 2. The van der Waals surface area contributed by atoms with E-state index in [2.05, 4.69) is 4.72 Å². The van der Waals surface area contributed by atoms with Gasteiger partial charge in [0.15, 0.2) is 0 Å². The molecule has 0 saturated carbocycles. The molecule has 2 aromatic carbocycles. The number of nitrogens with zero attached hydrogens (tertiary/aromatic N) is 1. The predicted octanol–water partition coefficient (Wildman–Crippen LogP) is 3.06. The second-order valence-electron chi connectivity index (χ2n) is 5.71. The summed E-state index contributed by atoms with van der Waals surface area (Å²) in [6, 6.07) is 10.2. The van der Waals surface area contributed by atoms with E-state index >= 15 is 0 Å². The molecule has 0 spiro atoms. The maximum atomic E-state index is 13.2. The zero-order chi connectivity index (χ0) is 17.3. The van der Waals surface area contributed by atoms with Crippen LogP contribution in [0.2, 0.25) is 0 Å². The minimum Gasteiger partial charge on any atom is -0.312 e. The first-order valence-corrected chi connectivity index (χ1v) is 9.04. The zero-order valence-electron chi connectivity index (χ0n) is 13.1. The molecule has 0 aromatic heterocycles. The number of hydrogen-bond donors (Lipinski definition) is 1. The fourth-order valence-electron chi connectivity index (χ4n) is 2.78. The fraction of sp³-hybridized carbons (Fsp3) is 0.235. The summed E-state index contributed by atoms with van der Waals surface area (Å²) in [5.74, 6) is -0.453. The van der Waals surface area contributed by atoms with Gasteiger partial charge in [0, 0.05) is 18.7 Å². The maximum absolute atomic E-state index is 13.2. The normalized spacial score (nSPS) is 14.9. The third-order valence-corrected chi connectivity index (χ3v) is 5.45. The lowest BCUT2D eigenvalue weighted by molar-refractivity contribution is -0.117. The molecule has 1 heterocycles. The Labute approximate surface area is 140 Å². The Morgan fingerprint density at radius 3 is 2.62 bits per heavy atom. The summed E-state index contributed by atoms with van der Waals surface area (Å²) in [6.07, 6.45) is 1.30. The molecule has 0 bridgehead atoms. The Kier molecular flexibility index (Phi) is 4.28. The average molecular weight is 348 g/mol. The molecule has 0 aliphatic carbocycles. The number of hydrogen-bond acceptors (Lipinski definition) is 3. The molecular formula is C17H17FN2O3S. The minimum absolute atomic E-state index is 0.0200. The van der Waals surface area contributed by atoms with E-state index in [0.717, 1.165) is 12.5 Å². The van der Waals surface area contributed by atoms with E-state index in [1.54, 1.807) is 29.2 Å². The van der Waals surface area contributed by atoms with Crippen molar-refractivity contribution in [3.8, 4) is 0 Å². The summed E-state index contributed by atoms with van der Waals surface area (Å²) in [5, 5.41) is 0. The van der Waals surface area contributed by atoms with Crippen molar-refractivity contribution in [2.75, 3.05) is 16.2 Å². The number of carbonyl (C=O) groups is 1. The van der Waals surface area contributed by atoms with Gasteiger partial charge in [0.1, 0.15) is 5.82 Å². The summed E-state index contributed by atoms with van der Waals surface area (Å²) >= 11 is 0. The number of amides is 1. The van der Waals surface area contributed by atoms with Gasteiger partial charge in [0.25, 0.3) is 10.0 Å². The molecule has 1 N–H and O–H groups in total. The minimum atomic E-state index is -3.83. The third kappa shape index (κ3) is 3.26. The molecule has 0 radical (unpaired) electrons. The van der Waals surface area contributed by atoms with Crippen LogP contribution in [-0.2, 0) is 14.8 Å². The lowest BCUT2D eigenvalue weighted by Crippen LogP contribution is -2.23. The molecule has 7 heteroatoms. The molecule has 1 saturated heterocycles. The van der Waals surface area contributed by atoms with Gasteiger partial charge in [-0.15, -0.1) is 0 Å². The first-order chi connectivity index (χ1) is 11.4. The van der Waals surface area contributed by atoms with Crippen LogP contribution in [0.4, 0.5) is 15.8 Å². The van der Waals surface area contributed by atoms with Gasteiger partial charge in [0.2, 0.25) is 5.91 Å². The number of nitrogens with one attached hydrogen (secondary N) is 1. The highest BCUT2D eigenvalue weighted by Crippen LogP contribution is 2.26. The number of benzene rings is 2. The number of aryl methyl sites for hydroxylation is 1. The van der Waals surface area contributed by atoms with Crippen molar-refractivity contribution >= 4 is 27.3 Å². The van der Waals surface area contributed by atoms with Gasteiger partial charge in [0.05, 0.1) is 10.6 Å². The highest BCUT2D eigenvalue weighted by atomic mass is 32.2. The van der Waals surface area contributed by atoms with Crippen LogP contribution in [0.1, 0.15) is 18.4 Å². The van der Waals surface area contributed by atoms with Gasteiger partial charge in [-0.25, -0.2) is 12.8 Å². The first kappa shape index (κ1) is 16.4. The van der Waals surface area contributed by atoms with Crippen LogP contribution in [0.15, 0.2) is 47.4 Å². The summed E-state index contributed by atoms with van der Waals surface area (Å²) < 4.78 is 40.7. The van der Waals surface area contributed by atoms with Crippen molar-refractivity contribution < 1.29 is 17.6 Å². The van der Waals surface area contributed by atoms with Crippen LogP contribution in [0.3, 0.4) is 0 Å². The van der Waals surface area contributed by atoms with Crippen LogP contribution in [0.25, 0.3) is 0 Å². The average Bonchev–Trinajstić information content (AvgIpc) is 2.92. The smallest absolute Gasteiger partial charge is 0.262 e. The monoisotopic (exact) mass is 348 g/mol. The van der Waals surface area contributed by atoms with Crippen molar-refractivity contribution in [3.63, 3.8) is 0 Å². The van der Waals surface area contributed by atoms with Gasteiger partial charge in [-0.1, -0.05) is 6.07 Å². The van der Waals surface area contributed by atoms with E-state index in [1.807, 2.05) is 0 Å². The van der Waals surface area contributed by atoms with Crippen LogP contribution in [-0.4, -0.2) is 20.9 Å². The standard InChI is InChI=1S/C17H17FN2O3S/c1-12-10-13(18)7-8-16(12)24(22,23)19-14-4-2-5-15(11-14)20-9-3-6-17(20)21/h2,4-5,7-8,10-11,19H,3,6,9H2,1H3. The quantitative estimate of drug-likeness (QED) is 0.923. The van der Waals surface area contributed by atoms with E-state index in [-0.39, 0.29) is 10.8 Å². The van der Waals surface area contributed by atoms with Crippen LogP contribution >= 0.6 is 0 Å². The lowest BCUT2D eigenvalue weighted by Gasteiger charge is -2.17. The molecule has 1 amide bonds. The van der Waals surface area contributed by atoms with E-state index in [1.165, 1.54) is 19.1 Å². The molecule has 0 unspecified atom stereocenters. The summed E-state index contributed by atoms with van der Waals surface area (Å²) in [4.78, 5) is 13.5. The van der Waals surface area contributed by atoms with Gasteiger partial charge in [-0.05, 0) is 55.3 Å². The summed E-state index contributed by atoms with van der Waals surface area (Å²) in [7, 11) is -3.83. The van der Waals surface area contributed by atoms with Crippen molar-refractivity contribution in [3.05, 3.63) is 53.8 Å². The Bertz CT molecular complexity index is 896. The predicted molar refractivity (Wildman–Crippen MR) is 90.0 cm³/mol. The Balaban J connectivity index is 1.89. The van der Waals surface area contributed by atoms with Crippen molar-refractivity contribution in [1.82, 2.24) is 0 Å². The summed E-state index contributed by atoms with van der Waals surface area (Å²) in [6.45, 7) is 2.17. The molecular weight excluding hydrogens is 331 g/mol. The highest BCUT2D eigenvalue weighted by molar-refractivity contribution is 7.92. The van der Waals surface area contributed by atoms with Crippen molar-refractivity contribution in [1.29, 1.82) is 0 Å². The molecule has 3 rings (SSSR count). The van der Waals surface area contributed by atoms with Gasteiger partial charge in [-0.2, -0.15) is 0 Å². The summed E-state index contributed by atoms with van der Waals surface area (Å²) in [5.41, 5.74) is 1.35. The second-order valence-corrected chi connectivity index (χ2v) is 7.37. The third-order valence-electron chi connectivity index (χ3n) is 3.91. The zero-order valence-corrected chi connectivity index (χ0v) is 13.9. The van der Waals surface area contributed by atoms with Gasteiger partial charge < -0.3 is 4.90 Å².